The van der Waals surface area contributed by atoms with Crippen LogP contribution in [0, 0.1) is 0 Å². The van der Waals surface area contributed by atoms with E-state index in [0.29, 0.717) is 17.3 Å². The van der Waals surface area contributed by atoms with Crippen LogP contribution in [0.2, 0.25) is 5.02 Å². The molecule has 0 aliphatic rings. The molecule has 0 saturated heterocycles. The minimum atomic E-state index is -1.06. The lowest BCUT2D eigenvalue weighted by Gasteiger charge is -2.13. The number of carbonyl (C=O) groups is 1. The predicted molar refractivity (Wildman–Crippen MR) is 72.4 cm³/mol. The summed E-state index contributed by atoms with van der Waals surface area (Å²) in [6, 6.07) is 10.8. The van der Waals surface area contributed by atoms with Crippen LogP contribution in [0.1, 0.15) is 34.8 Å². The van der Waals surface area contributed by atoms with Crippen LogP contribution in [0.3, 0.4) is 0 Å². The molecule has 2 rings (SSSR count). The smallest absolute Gasteiger partial charge is 0.371 e. The lowest BCUT2D eigenvalue weighted by molar-refractivity contribution is 0.0660. The molecule has 1 atom stereocenters. The van der Waals surface area contributed by atoms with E-state index >= 15 is 0 Å². The van der Waals surface area contributed by atoms with E-state index < -0.39 is 5.97 Å². The van der Waals surface area contributed by atoms with Gasteiger partial charge in [0.1, 0.15) is 5.76 Å². The monoisotopic (exact) mass is 279 g/mol. The minimum Gasteiger partial charge on any atom is -0.475 e. The van der Waals surface area contributed by atoms with Crippen molar-refractivity contribution < 1.29 is 14.3 Å². The van der Waals surface area contributed by atoms with Gasteiger partial charge in [0.05, 0.1) is 6.54 Å². The Morgan fingerprint density at radius 1 is 1.42 bits per heavy atom. The number of hydrogen-bond donors (Lipinski definition) is 2. The first-order chi connectivity index (χ1) is 9.06. The van der Waals surface area contributed by atoms with Gasteiger partial charge < -0.3 is 14.8 Å². The molecule has 0 aliphatic carbocycles. The molecule has 2 aromatic rings. The Balaban J connectivity index is 1.96. The van der Waals surface area contributed by atoms with Crippen LogP contribution in [0.15, 0.2) is 40.8 Å². The molecule has 1 heterocycles. The van der Waals surface area contributed by atoms with E-state index in [9.17, 15) is 4.79 Å². The van der Waals surface area contributed by atoms with Gasteiger partial charge in [0.25, 0.3) is 0 Å². The van der Waals surface area contributed by atoms with Crippen molar-refractivity contribution in [2.45, 2.75) is 19.5 Å². The molecule has 0 fully saturated rings. The molecule has 0 radical (unpaired) electrons. The number of nitrogens with one attached hydrogen (secondary N) is 1. The van der Waals surface area contributed by atoms with E-state index in [2.05, 4.69) is 5.32 Å². The molecule has 19 heavy (non-hydrogen) atoms. The second-order valence-corrected chi connectivity index (χ2v) is 4.67. The Morgan fingerprint density at radius 3 is 2.84 bits per heavy atom. The summed E-state index contributed by atoms with van der Waals surface area (Å²) in [6.07, 6.45) is 0. The van der Waals surface area contributed by atoms with Crippen molar-refractivity contribution in [3.8, 4) is 0 Å². The van der Waals surface area contributed by atoms with Gasteiger partial charge in [-0.2, -0.15) is 0 Å². The minimum absolute atomic E-state index is 0.0489. The van der Waals surface area contributed by atoms with Crippen molar-refractivity contribution >= 4 is 17.6 Å². The third kappa shape index (κ3) is 3.59. The summed E-state index contributed by atoms with van der Waals surface area (Å²) in [6.45, 7) is 2.47. The fraction of sp³-hybridized carbons (Fsp3) is 0.214. The van der Waals surface area contributed by atoms with Gasteiger partial charge in [-0.1, -0.05) is 23.7 Å². The lowest BCUT2D eigenvalue weighted by atomic mass is 10.1. The maximum Gasteiger partial charge on any atom is 0.371 e. The maximum atomic E-state index is 10.7. The maximum absolute atomic E-state index is 10.7. The molecule has 0 aliphatic heterocycles. The number of rotatable bonds is 5. The highest BCUT2D eigenvalue weighted by atomic mass is 35.5. The molecule has 1 aromatic carbocycles. The molecule has 100 valence electrons. The van der Waals surface area contributed by atoms with Crippen LogP contribution in [0.4, 0.5) is 0 Å². The summed E-state index contributed by atoms with van der Waals surface area (Å²) in [5, 5.41) is 12.7. The van der Waals surface area contributed by atoms with E-state index in [1.807, 2.05) is 31.2 Å². The van der Waals surface area contributed by atoms with E-state index in [0.717, 1.165) is 5.56 Å². The fourth-order valence-electron chi connectivity index (χ4n) is 1.74. The highest BCUT2D eigenvalue weighted by Gasteiger charge is 2.10. The van der Waals surface area contributed by atoms with Crippen molar-refractivity contribution in [3.63, 3.8) is 0 Å². The second-order valence-electron chi connectivity index (χ2n) is 4.23. The van der Waals surface area contributed by atoms with Crippen LogP contribution in [-0.2, 0) is 6.54 Å². The molecular weight excluding hydrogens is 266 g/mol. The number of benzene rings is 1. The molecule has 0 spiro atoms. The fourth-order valence-corrected chi connectivity index (χ4v) is 1.93. The van der Waals surface area contributed by atoms with E-state index in [-0.39, 0.29) is 11.8 Å². The van der Waals surface area contributed by atoms with E-state index in [1.54, 1.807) is 6.07 Å². The highest BCUT2D eigenvalue weighted by molar-refractivity contribution is 6.30. The Kier molecular flexibility index (Phi) is 4.24. The quantitative estimate of drug-likeness (QED) is 0.879. The number of hydrogen-bond acceptors (Lipinski definition) is 3. The molecule has 0 amide bonds. The van der Waals surface area contributed by atoms with Crippen LogP contribution < -0.4 is 5.32 Å². The molecule has 0 bridgehead atoms. The predicted octanol–water partition coefficient (Wildman–Crippen LogP) is 3.48. The van der Waals surface area contributed by atoms with Gasteiger partial charge in [-0.15, -0.1) is 0 Å². The van der Waals surface area contributed by atoms with Crippen molar-refractivity contribution in [1.82, 2.24) is 5.32 Å². The number of carboxylic acid groups (broad SMARTS) is 1. The highest BCUT2D eigenvalue weighted by Crippen LogP contribution is 2.18. The first kappa shape index (κ1) is 13.6. The Bertz CT molecular complexity index is 580. The van der Waals surface area contributed by atoms with Gasteiger partial charge in [0.2, 0.25) is 5.76 Å². The zero-order valence-electron chi connectivity index (χ0n) is 10.4. The van der Waals surface area contributed by atoms with Crippen LogP contribution in [0.25, 0.3) is 0 Å². The normalized spacial score (nSPS) is 12.3. The lowest BCUT2D eigenvalue weighted by Crippen LogP contribution is -2.17. The van der Waals surface area contributed by atoms with Gasteiger partial charge in [-0.25, -0.2) is 4.79 Å². The molecule has 5 heteroatoms. The SMILES string of the molecule is C[C@H](NCc1ccc(C(=O)O)o1)c1cccc(Cl)c1. The van der Waals surface area contributed by atoms with Gasteiger partial charge in [-0.05, 0) is 36.8 Å². The van der Waals surface area contributed by atoms with Gasteiger partial charge in [0, 0.05) is 11.1 Å². The van der Waals surface area contributed by atoms with Gasteiger partial charge in [-0.3, -0.25) is 0 Å². The zero-order chi connectivity index (χ0) is 13.8. The average molecular weight is 280 g/mol. The second kappa shape index (κ2) is 5.91. The summed E-state index contributed by atoms with van der Waals surface area (Å²) in [5.41, 5.74) is 1.07. The number of furan rings is 1. The first-order valence-electron chi connectivity index (χ1n) is 5.87. The van der Waals surface area contributed by atoms with Gasteiger partial charge >= 0.3 is 5.97 Å². The van der Waals surface area contributed by atoms with E-state index in [4.69, 9.17) is 21.1 Å². The van der Waals surface area contributed by atoms with Crippen LogP contribution in [0.5, 0.6) is 0 Å². The van der Waals surface area contributed by atoms with Crippen molar-refractivity contribution in [1.29, 1.82) is 0 Å². The third-order valence-corrected chi connectivity index (χ3v) is 3.04. The molecule has 0 saturated carbocycles. The Labute approximate surface area is 116 Å². The van der Waals surface area contributed by atoms with Crippen molar-refractivity contribution in [2.75, 3.05) is 0 Å². The van der Waals surface area contributed by atoms with Gasteiger partial charge in [0.15, 0.2) is 0 Å². The molecule has 0 unspecified atom stereocenters. The zero-order valence-corrected chi connectivity index (χ0v) is 11.1. The molecule has 4 nitrogen and oxygen atoms in total. The summed E-state index contributed by atoms with van der Waals surface area (Å²) < 4.78 is 5.17. The molecular formula is C14H14ClNO3. The Morgan fingerprint density at radius 2 is 2.21 bits per heavy atom. The third-order valence-electron chi connectivity index (χ3n) is 2.80. The molecule has 2 N–H and O–H groups in total. The summed E-state index contributed by atoms with van der Waals surface area (Å²) in [7, 11) is 0. The first-order valence-corrected chi connectivity index (χ1v) is 6.25. The van der Waals surface area contributed by atoms with Crippen LogP contribution >= 0.6 is 11.6 Å². The summed E-state index contributed by atoms with van der Waals surface area (Å²) >= 11 is 5.93. The summed E-state index contributed by atoms with van der Waals surface area (Å²) in [4.78, 5) is 10.7. The topological polar surface area (TPSA) is 62.5 Å². The number of aromatic carboxylic acids is 1. The van der Waals surface area contributed by atoms with E-state index in [1.165, 1.54) is 6.07 Å². The van der Waals surface area contributed by atoms with Crippen LogP contribution in [-0.4, -0.2) is 11.1 Å². The Hall–Kier alpha value is -1.78. The van der Waals surface area contributed by atoms with Crippen molar-refractivity contribution in [3.05, 3.63) is 58.5 Å². The molecule has 1 aromatic heterocycles. The summed E-state index contributed by atoms with van der Waals surface area (Å²) in [5.74, 6) is -0.521. The largest absolute Gasteiger partial charge is 0.475 e. The van der Waals surface area contributed by atoms with Crippen molar-refractivity contribution in [2.24, 2.45) is 0 Å². The standard InChI is InChI=1S/C14H14ClNO3/c1-9(10-3-2-4-11(15)7-10)16-8-12-5-6-13(19-12)14(17)18/h2-7,9,16H,8H2,1H3,(H,17,18)/t9-/m0/s1. The number of halogens is 1. The average Bonchev–Trinajstić information content (AvgIpc) is 2.85. The number of carboxylic acids is 1.